The number of nitrogens with zero attached hydrogens (tertiary/aromatic N) is 3. The van der Waals surface area contributed by atoms with Gasteiger partial charge in [-0.3, -0.25) is 4.79 Å². The van der Waals surface area contributed by atoms with Crippen molar-refractivity contribution in [2.45, 2.75) is 39.5 Å². The molecule has 3 rings (SSSR count). The molecule has 35 heavy (non-hydrogen) atoms. The zero-order chi connectivity index (χ0) is 25.6. The first-order chi connectivity index (χ1) is 16.6. The first-order valence-corrected chi connectivity index (χ1v) is 12.0. The normalized spacial score (nSPS) is 13.5. The number of methoxy groups -OCH3 is 1. The molecule has 0 aliphatic carbocycles. The van der Waals surface area contributed by atoms with Crippen LogP contribution in [0.3, 0.4) is 0 Å². The van der Waals surface area contributed by atoms with Crippen molar-refractivity contribution >= 4 is 17.5 Å². The number of halogens is 2. The number of carbonyl (C=O) groups is 1. The Morgan fingerprint density at radius 2 is 1.91 bits per heavy atom. The van der Waals surface area contributed by atoms with Gasteiger partial charge in [-0.25, -0.2) is 9.37 Å². The summed E-state index contributed by atoms with van der Waals surface area (Å²) in [6.07, 6.45) is 0.602. The van der Waals surface area contributed by atoms with Gasteiger partial charge in [0.25, 0.3) is 0 Å². The Morgan fingerprint density at radius 3 is 2.51 bits per heavy atom. The van der Waals surface area contributed by atoms with E-state index in [1.807, 2.05) is 86.1 Å². The van der Waals surface area contributed by atoms with E-state index >= 15 is 0 Å². The molecule has 1 unspecified atom stereocenters. The van der Waals surface area contributed by atoms with Crippen molar-refractivity contribution in [3.05, 3.63) is 77.2 Å². The molecule has 0 bridgehead atoms. The Labute approximate surface area is 211 Å². The van der Waals surface area contributed by atoms with Gasteiger partial charge in [-0.1, -0.05) is 74.8 Å². The molecule has 2 aromatic carbocycles. The molecular weight excluding hydrogens is 467 g/mol. The Hall–Kier alpha value is -2.74. The van der Waals surface area contributed by atoms with Crippen LogP contribution in [0.2, 0.25) is 5.02 Å². The van der Waals surface area contributed by atoms with E-state index in [9.17, 15) is 9.18 Å². The van der Waals surface area contributed by atoms with Crippen LogP contribution in [0.15, 0.2) is 60.8 Å². The molecule has 0 aliphatic rings. The number of carbonyl (C=O) groups excluding carboxylic acids is 1. The lowest BCUT2D eigenvalue weighted by molar-refractivity contribution is -0.141. The van der Waals surface area contributed by atoms with Crippen molar-refractivity contribution in [1.29, 1.82) is 0 Å². The highest BCUT2D eigenvalue weighted by Gasteiger charge is 2.39. The predicted molar refractivity (Wildman–Crippen MR) is 138 cm³/mol. The molecule has 8 heteroatoms. The van der Waals surface area contributed by atoms with Gasteiger partial charge >= 0.3 is 0 Å². The molecule has 188 valence electrons. The van der Waals surface area contributed by atoms with Crippen LogP contribution in [0.1, 0.15) is 38.2 Å². The summed E-state index contributed by atoms with van der Waals surface area (Å²) in [7, 11) is 1.45. The number of imidazole rings is 1. The standard InChI is InChI=1S/C27H34ClFN4O2/c1-27(2,3)25(33(16-22(29)14-30)24(34)18-35-4)26-31-23(20-10-6-5-7-11-20)17-32(26)15-19-9-8-12-21(28)13-19/h5-13,17,22,25H,14-16,18,30H2,1-4H3/t22?,25-/m0/s1. The molecule has 0 saturated heterocycles. The van der Waals surface area contributed by atoms with Crippen molar-refractivity contribution in [3.63, 3.8) is 0 Å². The number of amides is 1. The molecule has 2 atom stereocenters. The van der Waals surface area contributed by atoms with E-state index in [-0.39, 0.29) is 25.6 Å². The fourth-order valence-electron chi connectivity index (χ4n) is 4.19. The zero-order valence-electron chi connectivity index (χ0n) is 20.7. The highest BCUT2D eigenvalue weighted by molar-refractivity contribution is 6.30. The minimum Gasteiger partial charge on any atom is -0.375 e. The highest BCUT2D eigenvalue weighted by Crippen LogP contribution is 2.39. The summed E-state index contributed by atoms with van der Waals surface area (Å²) >= 11 is 6.24. The van der Waals surface area contributed by atoms with Crippen molar-refractivity contribution in [3.8, 4) is 11.3 Å². The first kappa shape index (κ1) is 26.9. The number of hydrogen-bond acceptors (Lipinski definition) is 4. The van der Waals surface area contributed by atoms with Crippen LogP contribution in [0.5, 0.6) is 0 Å². The molecule has 0 spiro atoms. The molecule has 0 aliphatic heterocycles. The van der Waals surface area contributed by atoms with Crippen LogP contribution >= 0.6 is 11.6 Å². The van der Waals surface area contributed by atoms with Gasteiger partial charge in [-0.2, -0.15) is 0 Å². The second-order valence-corrected chi connectivity index (χ2v) is 10.1. The summed E-state index contributed by atoms with van der Waals surface area (Å²) in [6, 6.07) is 16.9. The van der Waals surface area contributed by atoms with Crippen molar-refractivity contribution in [2.24, 2.45) is 11.1 Å². The van der Waals surface area contributed by atoms with Gasteiger partial charge in [0.2, 0.25) is 5.91 Å². The number of alkyl halides is 1. The number of ether oxygens (including phenoxy) is 1. The summed E-state index contributed by atoms with van der Waals surface area (Å²) in [6.45, 7) is 6.04. The number of rotatable bonds is 10. The quantitative estimate of drug-likeness (QED) is 0.420. The molecule has 0 radical (unpaired) electrons. The molecule has 1 amide bonds. The lowest BCUT2D eigenvalue weighted by Crippen LogP contribution is -2.47. The van der Waals surface area contributed by atoms with Crippen LogP contribution < -0.4 is 5.73 Å². The fourth-order valence-corrected chi connectivity index (χ4v) is 4.41. The van der Waals surface area contributed by atoms with Gasteiger partial charge in [0.1, 0.15) is 18.6 Å². The SMILES string of the molecule is COCC(=O)N(CC(F)CN)[C@@H](c1nc(-c2ccccc2)cn1Cc1cccc(Cl)c1)C(C)(C)C. The van der Waals surface area contributed by atoms with E-state index < -0.39 is 17.6 Å². The summed E-state index contributed by atoms with van der Waals surface area (Å²) in [5.74, 6) is 0.340. The maximum absolute atomic E-state index is 14.6. The summed E-state index contributed by atoms with van der Waals surface area (Å²) in [5.41, 5.74) is 7.83. The van der Waals surface area contributed by atoms with Gasteiger partial charge in [0.15, 0.2) is 0 Å². The largest absolute Gasteiger partial charge is 0.375 e. The summed E-state index contributed by atoms with van der Waals surface area (Å²) < 4.78 is 21.8. The average Bonchev–Trinajstić information content (AvgIpc) is 3.21. The van der Waals surface area contributed by atoms with Crippen molar-refractivity contribution in [1.82, 2.24) is 14.5 Å². The zero-order valence-corrected chi connectivity index (χ0v) is 21.5. The second kappa shape index (κ2) is 11.8. The molecule has 1 heterocycles. The third-order valence-corrected chi connectivity index (χ3v) is 5.97. The molecule has 6 nitrogen and oxygen atoms in total. The average molecular weight is 501 g/mol. The number of benzene rings is 2. The van der Waals surface area contributed by atoms with Crippen LogP contribution in [0.4, 0.5) is 4.39 Å². The second-order valence-electron chi connectivity index (χ2n) is 9.69. The van der Waals surface area contributed by atoms with Gasteiger partial charge in [0.05, 0.1) is 18.3 Å². The molecule has 1 aromatic heterocycles. The van der Waals surface area contributed by atoms with Crippen LogP contribution in [0, 0.1) is 5.41 Å². The fraction of sp³-hybridized carbons (Fsp3) is 0.407. The minimum atomic E-state index is -1.37. The van der Waals surface area contributed by atoms with Gasteiger partial charge in [0, 0.05) is 37.0 Å². The Balaban J connectivity index is 2.17. The third-order valence-electron chi connectivity index (χ3n) is 5.73. The van der Waals surface area contributed by atoms with Gasteiger partial charge in [-0.05, 0) is 23.1 Å². The van der Waals surface area contributed by atoms with E-state index in [0.717, 1.165) is 16.8 Å². The van der Waals surface area contributed by atoms with Gasteiger partial charge in [-0.15, -0.1) is 0 Å². The van der Waals surface area contributed by atoms with E-state index in [4.69, 9.17) is 27.1 Å². The smallest absolute Gasteiger partial charge is 0.249 e. The van der Waals surface area contributed by atoms with Crippen molar-refractivity contribution in [2.75, 3.05) is 26.8 Å². The first-order valence-electron chi connectivity index (χ1n) is 11.6. The molecule has 2 N–H and O–H groups in total. The lowest BCUT2D eigenvalue weighted by atomic mass is 9.84. The van der Waals surface area contributed by atoms with E-state index in [2.05, 4.69) is 0 Å². The number of aromatic nitrogens is 2. The molecule has 0 saturated carbocycles. The number of nitrogens with two attached hydrogens (primary N) is 1. The van der Waals surface area contributed by atoms with Crippen LogP contribution in [-0.2, 0) is 16.1 Å². The topological polar surface area (TPSA) is 73.4 Å². The molecule has 3 aromatic rings. The summed E-state index contributed by atoms with van der Waals surface area (Å²) in [5, 5.41) is 0.639. The third kappa shape index (κ3) is 6.90. The maximum atomic E-state index is 14.6. The molecular formula is C27H34ClFN4O2. The monoisotopic (exact) mass is 500 g/mol. The maximum Gasteiger partial charge on any atom is 0.249 e. The lowest BCUT2D eigenvalue weighted by Gasteiger charge is -2.40. The van der Waals surface area contributed by atoms with Crippen LogP contribution in [-0.4, -0.2) is 53.3 Å². The Morgan fingerprint density at radius 1 is 1.20 bits per heavy atom. The summed E-state index contributed by atoms with van der Waals surface area (Å²) in [4.78, 5) is 19.7. The van der Waals surface area contributed by atoms with Gasteiger partial charge < -0.3 is 19.9 Å². The Kier molecular flexibility index (Phi) is 9.05. The molecule has 0 fully saturated rings. The number of hydrogen-bond donors (Lipinski definition) is 1. The predicted octanol–water partition coefficient (Wildman–Crippen LogP) is 5.11. The minimum absolute atomic E-state index is 0.147. The van der Waals surface area contributed by atoms with E-state index in [0.29, 0.717) is 17.4 Å². The van der Waals surface area contributed by atoms with Crippen molar-refractivity contribution < 1.29 is 13.9 Å². The Bertz CT molecular complexity index is 1110. The van der Waals surface area contributed by atoms with Crippen LogP contribution in [0.25, 0.3) is 11.3 Å². The van der Waals surface area contributed by atoms with E-state index in [1.165, 1.54) is 12.0 Å². The highest BCUT2D eigenvalue weighted by atomic mass is 35.5. The van der Waals surface area contributed by atoms with E-state index in [1.54, 1.807) is 0 Å².